The van der Waals surface area contributed by atoms with Gasteiger partial charge in [-0.1, -0.05) is 0 Å². The Labute approximate surface area is 154 Å². The molecule has 9 nitrogen and oxygen atoms in total. The zero-order valence-electron chi connectivity index (χ0n) is 14.3. The molecule has 5 rings (SSSR count). The number of amides is 1. The molecule has 1 amide bonds. The van der Waals surface area contributed by atoms with Crippen molar-refractivity contribution >= 4 is 28.3 Å². The quantitative estimate of drug-likeness (QED) is 0.573. The number of aromatic amines is 1. The number of anilines is 2. The van der Waals surface area contributed by atoms with Gasteiger partial charge in [0.05, 0.1) is 17.6 Å². The van der Waals surface area contributed by atoms with Gasteiger partial charge in [-0.25, -0.2) is 14.6 Å². The second-order valence-electron chi connectivity index (χ2n) is 6.45. The number of carbonyl (C=O) groups is 1. The van der Waals surface area contributed by atoms with Crippen molar-refractivity contribution in [1.29, 1.82) is 0 Å². The molecule has 134 valence electrons. The molecule has 27 heavy (non-hydrogen) atoms. The van der Waals surface area contributed by atoms with Crippen LogP contribution >= 0.6 is 0 Å². The van der Waals surface area contributed by atoms with Gasteiger partial charge in [0.1, 0.15) is 12.1 Å². The minimum Gasteiger partial charge on any atom is -0.355 e. The summed E-state index contributed by atoms with van der Waals surface area (Å²) in [5.41, 5.74) is 1.66. The molecule has 4 aromatic rings. The highest BCUT2D eigenvalue weighted by Crippen LogP contribution is 2.25. The first kappa shape index (κ1) is 15.5. The molecule has 2 N–H and O–H groups in total. The molecule has 1 fully saturated rings. The largest absolute Gasteiger partial charge is 0.355 e. The first-order chi connectivity index (χ1) is 13.3. The van der Waals surface area contributed by atoms with E-state index < -0.39 is 0 Å². The van der Waals surface area contributed by atoms with E-state index in [0.717, 1.165) is 22.4 Å². The topological polar surface area (TPSA) is 105 Å². The predicted molar refractivity (Wildman–Crippen MR) is 99.6 cm³/mol. The highest BCUT2D eigenvalue weighted by Gasteiger charge is 2.33. The standard InChI is InChI=1S/C18H16N8O/c27-18(23-14-3-2-12-8-21-24-15(12)6-14)13-9-25(10-13)16-7-17(20-11-19-16)26-5-1-4-22-26/h1-8,11,13H,9-10H2,(H,21,24)(H,23,27). The maximum atomic E-state index is 12.5. The van der Waals surface area contributed by atoms with E-state index >= 15 is 0 Å². The van der Waals surface area contributed by atoms with Gasteiger partial charge in [-0.05, 0) is 24.3 Å². The van der Waals surface area contributed by atoms with Crippen LogP contribution in [0.2, 0.25) is 0 Å². The highest BCUT2D eigenvalue weighted by molar-refractivity contribution is 5.96. The summed E-state index contributed by atoms with van der Waals surface area (Å²) in [6.07, 6.45) is 6.80. The van der Waals surface area contributed by atoms with Crippen molar-refractivity contribution in [3.8, 4) is 5.82 Å². The van der Waals surface area contributed by atoms with Crippen molar-refractivity contribution in [2.24, 2.45) is 5.92 Å². The number of carbonyl (C=O) groups excluding carboxylic acids is 1. The van der Waals surface area contributed by atoms with E-state index in [0.29, 0.717) is 18.9 Å². The van der Waals surface area contributed by atoms with Gasteiger partial charge in [-0.3, -0.25) is 9.89 Å². The molecule has 0 radical (unpaired) electrons. The summed E-state index contributed by atoms with van der Waals surface area (Å²) in [5.74, 6) is 1.42. The highest BCUT2D eigenvalue weighted by atomic mass is 16.2. The molecular formula is C18H16N8O. The molecule has 4 heterocycles. The first-order valence-corrected chi connectivity index (χ1v) is 8.57. The minimum absolute atomic E-state index is 0.00599. The summed E-state index contributed by atoms with van der Waals surface area (Å²) in [7, 11) is 0. The zero-order valence-corrected chi connectivity index (χ0v) is 14.3. The van der Waals surface area contributed by atoms with Crippen molar-refractivity contribution in [2.75, 3.05) is 23.3 Å². The Bertz CT molecular complexity index is 1100. The molecule has 0 bridgehead atoms. The average Bonchev–Trinajstić information content (AvgIpc) is 3.32. The lowest BCUT2D eigenvalue weighted by atomic mass is 9.99. The van der Waals surface area contributed by atoms with Crippen LogP contribution in [0, 0.1) is 5.92 Å². The number of aromatic nitrogens is 6. The number of H-pyrrole nitrogens is 1. The van der Waals surface area contributed by atoms with Crippen molar-refractivity contribution in [2.45, 2.75) is 0 Å². The van der Waals surface area contributed by atoms with Crippen molar-refractivity contribution in [3.63, 3.8) is 0 Å². The lowest BCUT2D eigenvalue weighted by molar-refractivity contribution is -0.120. The Balaban J connectivity index is 1.24. The molecule has 0 aliphatic carbocycles. The third-order valence-electron chi connectivity index (χ3n) is 4.66. The maximum Gasteiger partial charge on any atom is 0.231 e. The van der Waals surface area contributed by atoms with Crippen LogP contribution in [0.3, 0.4) is 0 Å². The summed E-state index contributed by atoms with van der Waals surface area (Å²) in [6.45, 7) is 1.24. The Morgan fingerprint density at radius 3 is 2.93 bits per heavy atom. The van der Waals surface area contributed by atoms with Crippen LogP contribution in [-0.2, 0) is 4.79 Å². The normalized spacial score (nSPS) is 14.3. The van der Waals surface area contributed by atoms with Crippen LogP contribution in [0.25, 0.3) is 16.7 Å². The lowest BCUT2D eigenvalue weighted by Crippen LogP contribution is -2.52. The molecule has 3 aromatic heterocycles. The van der Waals surface area contributed by atoms with Crippen molar-refractivity contribution in [1.82, 2.24) is 29.9 Å². The number of benzene rings is 1. The van der Waals surface area contributed by atoms with Gasteiger partial charge in [-0.15, -0.1) is 0 Å². The molecule has 0 saturated carbocycles. The van der Waals surface area contributed by atoms with Crippen LogP contribution in [-0.4, -0.2) is 48.9 Å². The molecule has 0 atom stereocenters. The Morgan fingerprint density at radius 2 is 2.07 bits per heavy atom. The third kappa shape index (κ3) is 2.88. The number of hydrogen-bond donors (Lipinski definition) is 2. The Morgan fingerprint density at radius 1 is 1.19 bits per heavy atom. The number of fused-ring (bicyclic) bond motifs is 1. The zero-order chi connectivity index (χ0) is 18.2. The number of rotatable bonds is 4. The van der Waals surface area contributed by atoms with E-state index in [4.69, 9.17) is 0 Å². The fourth-order valence-corrected chi connectivity index (χ4v) is 3.13. The van der Waals surface area contributed by atoms with Gasteiger partial charge >= 0.3 is 0 Å². The van der Waals surface area contributed by atoms with Gasteiger partial charge in [0, 0.05) is 42.6 Å². The number of nitrogens with one attached hydrogen (secondary N) is 2. The fourth-order valence-electron chi connectivity index (χ4n) is 3.13. The van der Waals surface area contributed by atoms with Crippen molar-refractivity contribution in [3.05, 3.63) is 55.2 Å². The average molecular weight is 360 g/mol. The van der Waals surface area contributed by atoms with Crippen LogP contribution in [0.4, 0.5) is 11.5 Å². The third-order valence-corrected chi connectivity index (χ3v) is 4.66. The maximum absolute atomic E-state index is 12.5. The van der Waals surface area contributed by atoms with Gasteiger partial charge in [0.15, 0.2) is 5.82 Å². The molecule has 0 unspecified atom stereocenters. The predicted octanol–water partition coefficient (Wildman–Crippen LogP) is 1.61. The SMILES string of the molecule is O=C(Nc1ccc2cn[nH]c2c1)C1CN(c2cc(-n3cccn3)ncn2)C1. The number of nitrogens with zero attached hydrogens (tertiary/aromatic N) is 6. The van der Waals surface area contributed by atoms with Crippen LogP contribution in [0.1, 0.15) is 0 Å². The van der Waals surface area contributed by atoms with Crippen LogP contribution in [0.5, 0.6) is 0 Å². The summed E-state index contributed by atoms with van der Waals surface area (Å²) >= 11 is 0. The molecule has 1 aliphatic rings. The second-order valence-corrected chi connectivity index (χ2v) is 6.45. The molecule has 1 aromatic carbocycles. The van der Waals surface area contributed by atoms with Gasteiger partial charge in [0.25, 0.3) is 0 Å². The lowest BCUT2D eigenvalue weighted by Gasteiger charge is -2.39. The first-order valence-electron chi connectivity index (χ1n) is 8.57. The van der Waals surface area contributed by atoms with Gasteiger partial charge < -0.3 is 10.2 Å². The minimum atomic E-state index is -0.0782. The summed E-state index contributed by atoms with van der Waals surface area (Å²) < 4.78 is 1.68. The molecule has 1 aliphatic heterocycles. The summed E-state index contributed by atoms with van der Waals surface area (Å²) in [4.78, 5) is 23.1. The molecule has 1 saturated heterocycles. The molecule has 0 spiro atoms. The van der Waals surface area contributed by atoms with E-state index in [-0.39, 0.29) is 11.8 Å². The fraction of sp³-hybridized carbons (Fsp3) is 0.167. The second kappa shape index (κ2) is 6.20. The van der Waals surface area contributed by atoms with Crippen LogP contribution < -0.4 is 10.2 Å². The van der Waals surface area contributed by atoms with E-state index in [1.165, 1.54) is 6.33 Å². The summed E-state index contributed by atoms with van der Waals surface area (Å²) in [5, 5.41) is 15.1. The Kier molecular flexibility index (Phi) is 3.56. The van der Waals surface area contributed by atoms with Crippen molar-refractivity contribution < 1.29 is 4.79 Å². The monoisotopic (exact) mass is 360 g/mol. The van der Waals surface area contributed by atoms with E-state index in [1.54, 1.807) is 17.1 Å². The van der Waals surface area contributed by atoms with E-state index in [2.05, 4.69) is 35.5 Å². The van der Waals surface area contributed by atoms with E-state index in [1.807, 2.05) is 36.5 Å². The Hall–Kier alpha value is -3.75. The van der Waals surface area contributed by atoms with Gasteiger partial charge in [-0.2, -0.15) is 10.2 Å². The van der Waals surface area contributed by atoms with E-state index in [9.17, 15) is 4.79 Å². The van der Waals surface area contributed by atoms with Crippen LogP contribution in [0.15, 0.2) is 55.2 Å². The number of hydrogen-bond acceptors (Lipinski definition) is 6. The smallest absolute Gasteiger partial charge is 0.231 e. The molecule has 9 heteroatoms. The summed E-state index contributed by atoms with van der Waals surface area (Å²) in [6, 6.07) is 9.41. The molecular weight excluding hydrogens is 344 g/mol. The van der Waals surface area contributed by atoms with Gasteiger partial charge in [0.2, 0.25) is 5.91 Å².